The molecule has 1 aromatic carbocycles. The van der Waals surface area contributed by atoms with Gasteiger partial charge in [-0.1, -0.05) is 41.1 Å². The summed E-state index contributed by atoms with van der Waals surface area (Å²) in [6.45, 7) is 5.55. The van der Waals surface area contributed by atoms with Gasteiger partial charge >= 0.3 is 0 Å². The minimum Gasteiger partial charge on any atom is -0.431 e. The first-order valence-electron chi connectivity index (χ1n) is 7.68. The zero-order valence-electron chi connectivity index (χ0n) is 13.8. The Labute approximate surface area is 144 Å². The molecule has 0 amide bonds. The molecule has 2 aromatic heterocycles. The standard InChI is InChI=1S/C18H18N2O3S/c1-11-4-6-14(7-5-11)22-18-19-10-17(24-18)15-9-16(23-20-15)12(2)8-13(3)21/h4-7,9-10,12H,8H2,1-3H3. The van der Waals surface area contributed by atoms with Gasteiger partial charge < -0.3 is 14.1 Å². The highest BCUT2D eigenvalue weighted by molar-refractivity contribution is 7.16. The molecule has 6 heteroatoms. The van der Waals surface area contributed by atoms with Crippen LogP contribution in [-0.4, -0.2) is 15.9 Å². The summed E-state index contributed by atoms with van der Waals surface area (Å²) >= 11 is 1.40. The fourth-order valence-corrected chi connectivity index (χ4v) is 3.04. The van der Waals surface area contributed by atoms with Gasteiger partial charge in [0.1, 0.15) is 23.0 Å². The van der Waals surface area contributed by atoms with Crippen molar-refractivity contribution in [2.45, 2.75) is 33.1 Å². The summed E-state index contributed by atoms with van der Waals surface area (Å²) in [6, 6.07) is 9.66. The van der Waals surface area contributed by atoms with E-state index in [1.54, 1.807) is 13.1 Å². The molecular formula is C18H18N2O3S. The summed E-state index contributed by atoms with van der Waals surface area (Å²) in [5.41, 5.74) is 1.88. The van der Waals surface area contributed by atoms with Gasteiger partial charge in [-0.25, -0.2) is 4.98 Å². The third-order valence-corrected chi connectivity index (χ3v) is 4.47. The van der Waals surface area contributed by atoms with Crippen LogP contribution in [0.3, 0.4) is 0 Å². The van der Waals surface area contributed by atoms with Crippen molar-refractivity contribution in [2.75, 3.05) is 0 Å². The van der Waals surface area contributed by atoms with E-state index in [4.69, 9.17) is 9.26 Å². The fourth-order valence-electron chi connectivity index (χ4n) is 2.30. The highest BCUT2D eigenvalue weighted by Crippen LogP contribution is 2.34. The molecule has 5 nitrogen and oxygen atoms in total. The third-order valence-electron chi connectivity index (χ3n) is 3.57. The van der Waals surface area contributed by atoms with Gasteiger partial charge in [0.25, 0.3) is 5.19 Å². The molecule has 124 valence electrons. The molecule has 1 unspecified atom stereocenters. The predicted octanol–water partition coefficient (Wildman–Crippen LogP) is 4.98. The number of Topliss-reactive ketones (excluding diaryl/α,β-unsaturated/α-hetero) is 1. The first-order valence-corrected chi connectivity index (χ1v) is 8.49. The van der Waals surface area contributed by atoms with Gasteiger partial charge in [0.15, 0.2) is 0 Å². The van der Waals surface area contributed by atoms with E-state index in [0.717, 1.165) is 10.6 Å². The number of hydrogen-bond donors (Lipinski definition) is 0. The minimum absolute atomic E-state index is 0.0138. The van der Waals surface area contributed by atoms with Crippen molar-refractivity contribution in [3.05, 3.63) is 47.9 Å². The van der Waals surface area contributed by atoms with Crippen LogP contribution in [0.2, 0.25) is 0 Å². The number of carbonyl (C=O) groups excluding carboxylic acids is 1. The second kappa shape index (κ2) is 6.97. The Morgan fingerprint density at radius 1 is 1.33 bits per heavy atom. The van der Waals surface area contributed by atoms with Gasteiger partial charge in [0.05, 0.1) is 11.1 Å². The molecule has 0 N–H and O–H groups in total. The van der Waals surface area contributed by atoms with Gasteiger partial charge in [-0.3, -0.25) is 0 Å². The smallest absolute Gasteiger partial charge is 0.279 e. The van der Waals surface area contributed by atoms with Crippen LogP contribution in [0.1, 0.15) is 37.5 Å². The highest BCUT2D eigenvalue weighted by Gasteiger charge is 2.16. The molecule has 3 rings (SSSR count). The lowest BCUT2D eigenvalue weighted by Crippen LogP contribution is -1.98. The number of ketones is 1. The van der Waals surface area contributed by atoms with Crippen LogP contribution in [0.25, 0.3) is 10.6 Å². The van der Waals surface area contributed by atoms with Crippen molar-refractivity contribution in [1.29, 1.82) is 0 Å². The monoisotopic (exact) mass is 342 g/mol. The van der Waals surface area contributed by atoms with Crippen molar-refractivity contribution in [3.8, 4) is 21.5 Å². The quantitative estimate of drug-likeness (QED) is 0.632. The lowest BCUT2D eigenvalue weighted by molar-refractivity contribution is -0.117. The number of rotatable bonds is 6. The van der Waals surface area contributed by atoms with Crippen LogP contribution in [0.4, 0.5) is 0 Å². The number of hydrogen-bond acceptors (Lipinski definition) is 6. The van der Waals surface area contributed by atoms with Crippen molar-refractivity contribution >= 4 is 17.1 Å². The van der Waals surface area contributed by atoms with Crippen molar-refractivity contribution in [1.82, 2.24) is 10.1 Å². The Morgan fingerprint density at radius 2 is 2.08 bits per heavy atom. The van der Waals surface area contributed by atoms with E-state index in [1.165, 1.54) is 16.9 Å². The molecule has 3 aromatic rings. The van der Waals surface area contributed by atoms with Gasteiger partial charge in [-0.2, -0.15) is 0 Å². The maximum Gasteiger partial charge on any atom is 0.279 e. The van der Waals surface area contributed by atoms with Crippen LogP contribution < -0.4 is 4.74 Å². The molecule has 0 saturated carbocycles. The second-order valence-corrected chi connectivity index (χ2v) is 6.82. The molecule has 0 aliphatic heterocycles. The Balaban J connectivity index is 1.72. The van der Waals surface area contributed by atoms with E-state index in [0.29, 0.717) is 23.1 Å². The zero-order valence-corrected chi connectivity index (χ0v) is 14.6. The normalized spacial score (nSPS) is 12.1. The molecule has 0 radical (unpaired) electrons. The molecule has 0 aliphatic rings. The average Bonchev–Trinajstić information content (AvgIpc) is 3.18. The van der Waals surface area contributed by atoms with E-state index >= 15 is 0 Å². The molecule has 0 fully saturated rings. The number of nitrogens with zero attached hydrogens (tertiary/aromatic N) is 2. The topological polar surface area (TPSA) is 65.2 Å². The van der Waals surface area contributed by atoms with Gasteiger partial charge in [-0.05, 0) is 26.0 Å². The Bertz CT molecular complexity index is 836. The van der Waals surface area contributed by atoms with Crippen LogP contribution in [-0.2, 0) is 4.79 Å². The summed E-state index contributed by atoms with van der Waals surface area (Å²) < 4.78 is 11.1. The summed E-state index contributed by atoms with van der Waals surface area (Å²) in [5, 5.41) is 4.63. The molecule has 1 atom stereocenters. The SMILES string of the molecule is CC(=O)CC(C)c1cc(-c2cnc(Oc3ccc(C)cc3)s2)no1. The lowest BCUT2D eigenvalue weighted by Gasteiger charge is -2.02. The number of aromatic nitrogens is 2. The maximum absolute atomic E-state index is 11.2. The Hall–Kier alpha value is -2.47. The number of aryl methyl sites for hydroxylation is 1. The van der Waals surface area contributed by atoms with Crippen LogP contribution >= 0.6 is 11.3 Å². The number of ether oxygens (including phenoxy) is 1. The van der Waals surface area contributed by atoms with E-state index < -0.39 is 0 Å². The predicted molar refractivity (Wildman–Crippen MR) is 92.6 cm³/mol. The van der Waals surface area contributed by atoms with Crippen molar-refractivity contribution in [3.63, 3.8) is 0 Å². The van der Waals surface area contributed by atoms with Crippen molar-refractivity contribution in [2.24, 2.45) is 0 Å². The summed E-state index contributed by atoms with van der Waals surface area (Å²) in [6.07, 6.45) is 2.16. The highest BCUT2D eigenvalue weighted by atomic mass is 32.1. The van der Waals surface area contributed by atoms with E-state index in [2.05, 4.69) is 10.1 Å². The Kier molecular flexibility index (Phi) is 4.76. The molecule has 0 aliphatic carbocycles. The molecule has 0 spiro atoms. The molecule has 24 heavy (non-hydrogen) atoms. The molecule has 0 bridgehead atoms. The largest absolute Gasteiger partial charge is 0.431 e. The van der Waals surface area contributed by atoms with Crippen LogP contribution in [0, 0.1) is 6.92 Å². The second-order valence-electron chi connectivity index (χ2n) is 5.83. The summed E-state index contributed by atoms with van der Waals surface area (Å²) in [4.78, 5) is 16.4. The van der Waals surface area contributed by atoms with Crippen LogP contribution in [0.15, 0.2) is 41.1 Å². The molecule has 2 heterocycles. The molecular weight excluding hydrogens is 324 g/mol. The maximum atomic E-state index is 11.2. The third kappa shape index (κ3) is 3.89. The number of thiazole rings is 1. The average molecular weight is 342 g/mol. The van der Waals surface area contributed by atoms with Gasteiger partial charge in [0.2, 0.25) is 0 Å². The summed E-state index contributed by atoms with van der Waals surface area (Å²) in [5.74, 6) is 1.60. The number of carbonyl (C=O) groups is 1. The lowest BCUT2D eigenvalue weighted by atomic mass is 10.0. The number of benzene rings is 1. The van der Waals surface area contributed by atoms with Gasteiger partial charge in [-0.15, -0.1) is 0 Å². The zero-order chi connectivity index (χ0) is 17.1. The van der Waals surface area contributed by atoms with E-state index in [1.807, 2.05) is 44.2 Å². The summed E-state index contributed by atoms with van der Waals surface area (Å²) in [7, 11) is 0. The first-order chi connectivity index (χ1) is 11.5. The Morgan fingerprint density at radius 3 is 2.79 bits per heavy atom. The minimum atomic E-state index is 0.0138. The first kappa shape index (κ1) is 16.4. The van der Waals surface area contributed by atoms with Gasteiger partial charge in [0, 0.05) is 18.4 Å². The molecule has 0 saturated heterocycles. The van der Waals surface area contributed by atoms with E-state index in [-0.39, 0.29) is 11.7 Å². The fraction of sp³-hybridized carbons (Fsp3) is 0.278. The van der Waals surface area contributed by atoms with E-state index in [9.17, 15) is 4.79 Å². The van der Waals surface area contributed by atoms with Crippen LogP contribution in [0.5, 0.6) is 10.9 Å². The van der Waals surface area contributed by atoms with Crippen molar-refractivity contribution < 1.29 is 14.1 Å².